The van der Waals surface area contributed by atoms with E-state index in [9.17, 15) is 14.7 Å². The number of aliphatic carboxylic acids is 1. The Morgan fingerprint density at radius 2 is 2.16 bits per heavy atom. The van der Waals surface area contributed by atoms with Gasteiger partial charge < -0.3 is 19.9 Å². The summed E-state index contributed by atoms with van der Waals surface area (Å²) in [5.41, 5.74) is 2.37. The molecule has 6 heteroatoms. The lowest BCUT2D eigenvalue weighted by Gasteiger charge is -2.28. The molecule has 1 aromatic carbocycles. The molecular formula is C19H27NO5. The van der Waals surface area contributed by atoms with Crippen LogP contribution in [-0.4, -0.2) is 42.8 Å². The molecule has 0 aromatic heterocycles. The monoisotopic (exact) mass is 349 g/mol. The fourth-order valence-electron chi connectivity index (χ4n) is 2.88. The van der Waals surface area contributed by atoms with Gasteiger partial charge >= 0.3 is 5.97 Å². The van der Waals surface area contributed by atoms with Crippen LogP contribution in [0.4, 0.5) is 0 Å². The third-order valence-electron chi connectivity index (χ3n) is 4.54. The first-order valence-corrected chi connectivity index (χ1v) is 8.77. The second-order valence-electron chi connectivity index (χ2n) is 6.56. The number of carbonyl (C=O) groups excluding carboxylic acids is 1. The third kappa shape index (κ3) is 6.05. The van der Waals surface area contributed by atoms with Crippen LogP contribution >= 0.6 is 0 Å². The SMILES string of the molecule is Cc1ccc(OCCCC(=O)NC(C(=O)O)C2CCCOC2)cc1C. The van der Waals surface area contributed by atoms with E-state index in [-0.39, 0.29) is 18.2 Å². The van der Waals surface area contributed by atoms with Crippen molar-refractivity contribution < 1.29 is 24.2 Å². The van der Waals surface area contributed by atoms with Gasteiger partial charge in [-0.2, -0.15) is 0 Å². The van der Waals surface area contributed by atoms with E-state index >= 15 is 0 Å². The fourth-order valence-corrected chi connectivity index (χ4v) is 2.88. The van der Waals surface area contributed by atoms with Crippen molar-refractivity contribution in [2.24, 2.45) is 5.92 Å². The van der Waals surface area contributed by atoms with Crippen LogP contribution in [0.1, 0.15) is 36.8 Å². The van der Waals surface area contributed by atoms with E-state index in [2.05, 4.69) is 5.32 Å². The zero-order chi connectivity index (χ0) is 18.2. The average Bonchev–Trinajstić information content (AvgIpc) is 2.60. The van der Waals surface area contributed by atoms with Gasteiger partial charge in [0.05, 0.1) is 13.2 Å². The van der Waals surface area contributed by atoms with Crippen molar-refractivity contribution in [3.8, 4) is 5.75 Å². The molecule has 6 nitrogen and oxygen atoms in total. The van der Waals surface area contributed by atoms with Crippen LogP contribution in [0.5, 0.6) is 5.75 Å². The van der Waals surface area contributed by atoms with Gasteiger partial charge in [0.25, 0.3) is 0 Å². The number of nitrogens with one attached hydrogen (secondary N) is 1. The number of carbonyl (C=O) groups is 2. The molecule has 1 fully saturated rings. The first kappa shape index (κ1) is 19.2. The second-order valence-corrected chi connectivity index (χ2v) is 6.56. The Balaban J connectivity index is 1.73. The largest absolute Gasteiger partial charge is 0.494 e. The Kier molecular flexibility index (Phi) is 7.25. The number of hydrogen-bond acceptors (Lipinski definition) is 4. The summed E-state index contributed by atoms with van der Waals surface area (Å²) in [4.78, 5) is 23.5. The summed E-state index contributed by atoms with van der Waals surface area (Å²) >= 11 is 0. The number of benzene rings is 1. The van der Waals surface area contributed by atoms with Crippen molar-refractivity contribution in [2.75, 3.05) is 19.8 Å². The molecule has 1 amide bonds. The molecule has 1 aliphatic rings. The van der Waals surface area contributed by atoms with Gasteiger partial charge in [-0.25, -0.2) is 4.79 Å². The molecule has 0 radical (unpaired) electrons. The molecule has 1 heterocycles. The second kappa shape index (κ2) is 9.42. The average molecular weight is 349 g/mol. The summed E-state index contributed by atoms with van der Waals surface area (Å²) in [7, 11) is 0. The Labute approximate surface area is 148 Å². The summed E-state index contributed by atoms with van der Waals surface area (Å²) < 4.78 is 11.0. The van der Waals surface area contributed by atoms with Crippen LogP contribution in [0.25, 0.3) is 0 Å². The summed E-state index contributed by atoms with van der Waals surface area (Å²) in [6.07, 6.45) is 2.36. The van der Waals surface area contributed by atoms with Crippen LogP contribution < -0.4 is 10.1 Å². The van der Waals surface area contributed by atoms with Gasteiger partial charge in [-0.1, -0.05) is 6.07 Å². The molecule has 1 saturated heterocycles. The minimum atomic E-state index is -1.00. The van der Waals surface area contributed by atoms with E-state index in [1.165, 1.54) is 5.56 Å². The van der Waals surface area contributed by atoms with Crippen molar-refractivity contribution in [3.63, 3.8) is 0 Å². The van der Waals surface area contributed by atoms with Crippen LogP contribution in [0.3, 0.4) is 0 Å². The molecular weight excluding hydrogens is 322 g/mol. The van der Waals surface area contributed by atoms with Gasteiger partial charge in [0.1, 0.15) is 11.8 Å². The molecule has 2 rings (SSSR count). The molecule has 0 bridgehead atoms. The normalized spacial score (nSPS) is 18.4. The van der Waals surface area contributed by atoms with E-state index < -0.39 is 12.0 Å². The molecule has 25 heavy (non-hydrogen) atoms. The lowest BCUT2D eigenvalue weighted by molar-refractivity contribution is -0.145. The van der Waals surface area contributed by atoms with Crippen LogP contribution in [0.15, 0.2) is 18.2 Å². The van der Waals surface area contributed by atoms with Gasteiger partial charge in [-0.3, -0.25) is 4.79 Å². The Morgan fingerprint density at radius 3 is 2.80 bits per heavy atom. The first-order chi connectivity index (χ1) is 12.0. The van der Waals surface area contributed by atoms with E-state index in [1.807, 2.05) is 32.0 Å². The minimum absolute atomic E-state index is 0.165. The Hall–Kier alpha value is -2.08. The molecule has 1 aromatic rings. The standard InChI is InChI=1S/C19H27NO5/c1-13-7-8-16(11-14(13)2)25-10-4-6-17(21)20-18(19(22)23)15-5-3-9-24-12-15/h7-8,11,15,18H,3-6,9-10,12H2,1-2H3,(H,20,21)(H,22,23). The number of carboxylic acids is 1. The molecule has 0 aliphatic carbocycles. The lowest BCUT2D eigenvalue weighted by Crippen LogP contribution is -2.48. The van der Waals surface area contributed by atoms with E-state index in [1.54, 1.807) is 0 Å². The highest BCUT2D eigenvalue weighted by Gasteiger charge is 2.31. The maximum atomic E-state index is 12.0. The minimum Gasteiger partial charge on any atom is -0.494 e. The first-order valence-electron chi connectivity index (χ1n) is 8.77. The molecule has 0 spiro atoms. The summed E-state index contributed by atoms with van der Waals surface area (Å²) in [6.45, 7) is 5.52. The van der Waals surface area contributed by atoms with E-state index in [0.29, 0.717) is 26.2 Å². The predicted octanol–water partition coefficient (Wildman–Crippen LogP) is 2.46. The van der Waals surface area contributed by atoms with Gasteiger partial charge in [-0.15, -0.1) is 0 Å². The van der Waals surface area contributed by atoms with Gasteiger partial charge in [-0.05, 0) is 56.4 Å². The molecule has 2 atom stereocenters. The molecule has 0 saturated carbocycles. The van der Waals surface area contributed by atoms with Crippen molar-refractivity contribution >= 4 is 11.9 Å². The van der Waals surface area contributed by atoms with Crippen molar-refractivity contribution in [1.29, 1.82) is 0 Å². The number of aryl methyl sites for hydroxylation is 2. The number of ether oxygens (including phenoxy) is 2. The highest BCUT2D eigenvalue weighted by atomic mass is 16.5. The molecule has 2 N–H and O–H groups in total. The van der Waals surface area contributed by atoms with Gasteiger partial charge in [0, 0.05) is 18.9 Å². The number of rotatable bonds is 8. The maximum Gasteiger partial charge on any atom is 0.326 e. The molecule has 1 aliphatic heterocycles. The lowest BCUT2D eigenvalue weighted by atomic mass is 9.93. The predicted molar refractivity (Wildman–Crippen MR) is 93.8 cm³/mol. The number of amides is 1. The van der Waals surface area contributed by atoms with E-state index in [4.69, 9.17) is 9.47 Å². The number of carboxylic acid groups (broad SMARTS) is 1. The quantitative estimate of drug-likeness (QED) is 0.704. The molecule has 2 unspecified atom stereocenters. The Bertz CT molecular complexity index is 595. The van der Waals surface area contributed by atoms with Gasteiger partial charge in [0.15, 0.2) is 0 Å². The van der Waals surface area contributed by atoms with Crippen molar-refractivity contribution in [2.45, 2.75) is 45.6 Å². The Morgan fingerprint density at radius 1 is 1.36 bits per heavy atom. The zero-order valence-corrected chi connectivity index (χ0v) is 14.9. The van der Waals surface area contributed by atoms with Crippen LogP contribution in [-0.2, 0) is 14.3 Å². The number of hydrogen-bond donors (Lipinski definition) is 2. The smallest absolute Gasteiger partial charge is 0.326 e. The van der Waals surface area contributed by atoms with Crippen LogP contribution in [0, 0.1) is 19.8 Å². The fraction of sp³-hybridized carbons (Fsp3) is 0.579. The van der Waals surface area contributed by atoms with Crippen molar-refractivity contribution in [3.05, 3.63) is 29.3 Å². The van der Waals surface area contributed by atoms with Crippen molar-refractivity contribution in [1.82, 2.24) is 5.32 Å². The van der Waals surface area contributed by atoms with Gasteiger partial charge in [0.2, 0.25) is 5.91 Å². The summed E-state index contributed by atoms with van der Waals surface area (Å²) in [5, 5.41) is 12.0. The van der Waals surface area contributed by atoms with E-state index in [0.717, 1.165) is 24.2 Å². The third-order valence-corrected chi connectivity index (χ3v) is 4.54. The highest BCUT2D eigenvalue weighted by molar-refractivity contribution is 5.83. The van der Waals surface area contributed by atoms with Crippen LogP contribution in [0.2, 0.25) is 0 Å². The highest BCUT2D eigenvalue weighted by Crippen LogP contribution is 2.18. The summed E-state index contributed by atoms with van der Waals surface area (Å²) in [5.74, 6) is -0.648. The molecule has 138 valence electrons. The zero-order valence-electron chi connectivity index (χ0n) is 14.9. The topological polar surface area (TPSA) is 84.9 Å². The summed E-state index contributed by atoms with van der Waals surface area (Å²) in [6, 6.07) is 5.00. The maximum absolute atomic E-state index is 12.0.